The van der Waals surface area contributed by atoms with Crippen LogP contribution in [0.3, 0.4) is 0 Å². The standard InChI is InChI=1S/C17H25N3O2S/c1-4-23-10-7-12(2)18-17(22)14-5-6-16-15(11-14)19-13(3)20(16)8-9-21/h5-6,11-12,21H,4,7-10H2,1-3H3,(H,18,22). The molecular weight excluding hydrogens is 310 g/mol. The minimum Gasteiger partial charge on any atom is -0.395 e. The van der Waals surface area contributed by atoms with E-state index in [1.54, 1.807) is 0 Å². The topological polar surface area (TPSA) is 67.2 Å². The van der Waals surface area contributed by atoms with E-state index in [1.807, 2.05) is 48.4 Å². The number of carbonyl (C=O) groups is 1. The lowest BCUT2D eigenvalue weighted by Gasteiger charge is -2.13. The fourth-order valence-electron chi connectivity index (χ4n) is 2.56. The number of rotatable bonds is 8. The highest BCUT2D eigenvalue weighted by Crippen LogP contribution is 2.18. The maximum atomic E-state index is 12.4. The number of aromatic nitrogens is 2. The number of hydrogen-bond donors (Lipinski definition) is 2. The number of nitrogens with zero attached hydrogens (tertiary/aromatic N) is 2. The number of hydrogen-bond acceptors (Lipinski definition) is 4. The number of aliphatic hydroxyl groups is 1. The monoisotopic (exact) mass is 335 g/mol. The minimum absolute atomic E-state index is 0.0599. The van der Waals surface area contributed by atoms with E-state index in [9.17, 15) is 4.79 Å². The second-order valence-electron chi connectivity index (χ2n) is 5.60. The number of imidazole rings is 1. The Morgan fingerprint density at radius 2 is 2.26 bits per heavy atom. The van der Waals surface area contributed by atoms with Crippen molar-refractivity contribution < 1.29 is 9.90 Å². The van der Waals surface area contributed by atoms with Gasteiger partial charge in [-0.2, -0.15) is 11.8 Å². The molecule has 1 amide bonds. The molecule has 2 aromatic rings. The zero-order valence-corrected chi connectivity index (χ0v) is 14.8. The molecule has 0 saturated carbocycles. The second kappa shape index (κ2) is 8.36. The molecule has 1 unspecified atom stereocenters. The largest absolute Gasteiger partial charge is 0.395 e. The van der Waals surface area contributed by atoms with Crippen molar-refractivity contribution >= 4 is 28.7 Å². The summed E-state index contributed by atoms with van der Waals surface area (Å²) in [4.78, 5) is 16.8. The van der Waals surface area contributed by atoms with Crippen molar-refractivity contribution in [3.8, 4) is 0 Å². The zero-order chi connectivity index (χ0) is 16.8. The molecule has 23 heavy (non-hydrogen) atoms. The molecule has 2 rings (SSSR count). The summed E-state index contributed by atoms with van der Waals surface area (Å²) in [7, 11) is 0. The van der Waals surface area contributed by atoms with E-state index in [0.717, 1.165) is 34.8 Å². The molecule has 0 aliphatic carbocycles. The Kier molecular flexibility index (Phi) is 6.47. The van der Waals surface area contributed by atoms with Gasteiger partial charge in [0.2, 0.25) is 0 Å². The third-order valence-corrected chi connectivity index (χ3v) is 4.73. The van der Waals surface area contributed by atoms with Crippen LogP contribution in [-0.2, 0) is 6.54 Å². The number of thioether (sulfide) groups is 1. The van der Waals surface area contributed by atoms with Gasteiger partial charge in [0.25, 0.3) is 5.91 Å². The van der Waals surface area contributed by atoms with Crippen LogP contribution in [0.25, 0.3) is 11.0 Å². The Morgan fingerprint density at radius 3 is 2.96 bits per heavy atom. The molecule has 0 saturated heterocycles. The molecule has 5 nitrogen and oxygen atoms in total. The quantitative estimate of drug-likeness (QED) is 0.728. The molecule has 6 heteroatoms. The number of amides is 1. The van der Waals surface area contributed by atoms with E-state index < -0.39 is 0 Å². The van der Waals surface area contributed by atoms with Gasteiger partial charge in [-0.15, -0.1) is 0 Å². The molecule has 0 spiro atoms. The maximum absolute atomic E-state index is 12.4. The molecule has 1 atom stereocenters. The van der Waals surface area contributed by atoms with Gasteiger partial charge in [0.15, 0.2) is 0 Å². The molecule has 0 bridgehead atoms. The number of aryl methyl sites for hydroxylation is 1. The molecule has 2 N–H and O–H groups in total. The lowest BCUT2D eigenvalue weighted by molar-refractivity contribution is 0.0939. The number of fused-ring (bicyclic) bond motifs is 1. The lowest BCUT2D eigenvalue weighted by atomic mass is 10.1. The summed E-state index contributed by atoms with van der Waals surface area (Å²) >= 11 is 1.89. The summed E-state index contributed by atoms with van der Waals surface area (Å²) in [6, 6.07) is 5.70. The zero-order valence-electron chi connectivity index (χ0n) is 14.0. The van der Waals surface area contributed by atoms with Crippen molar-refractivity contribution in [2.75, 3.05) is 18.1 Å². The van der Waals surface area contributed by atoms with Crippen molar-refractivity contribution in [2.24, 2.45) is 0 Å². The summed E-state index contributed by atoms with van der Waals surface area (Å²) in [6.45, 7) is 6.67. The van der Waals surface area contributed by atoms with Crippen molar-refractivity contribution in [1.82, 2.24) is 14.9 Å². The summed E-state index contributed by atoms with van der Waals surface area (Å²) in [5.74, 6) is 2.95. The Labute approximate surface area is 141 Å². The first kappa shape index (κ1) is 17.8. The summed E-state index contributed by atoms with van der Waals surface area (Å²) in [5, 5.41) is 12.2. The van der Waals surface area contributed by atoms with Gasteiger partial charge >= 0.3 is 0 Å². The van der Waals surface area contributed by atoms with Crippen molar-refractivity contribution in [1.29, 1.82) is 0 Å². The van der Waals surface area contributed by atoms with Gasteiger partial charge in [-0.05, 0) is 50.0 Å². The Balaban J connectivity index is 2.09. The van der Waals surface area contributed by atoms with Crippen LogP contribution >= 0.6 is 11.8 Å². The molecule has 0 fully saturated rings. The normalized spacial score (nSPS) is 12.5. The smallest absolute Gasteiger partial charge is 0.251 e. The van der Waals surface area contributed by atoms with Crippen LogP contribution in [0, 0.1) is 6.92 Å². The molecule has 1 aromatic carbocycles. The Morgan fingerprint density at radius 1 is 1.48 bits per heavy atom. The van der Waals surface area contributed by atoms with E-state index in [2.05, 4.69) is 17.2 Å². The Hall–Kier alpha value is -1.53. The fraction of sp³-hybridized carbons (Fsp3) is 0.529. The third-order valence-electron chi connectivity index (χ3n) is 3.80. The predicted octanol–water partition coefficient (Wildman–Crippen LogP) is 2.60. The van der Waals surface area contributed by atoms with Gasteiger partial charge in [0, 0.05) is 18.2 Å². The average molecular weight is 335 g/mol. The number of nitrogens with one attached hydrogen (secondary N) is 1. The van der Waals surface area contributed by atoms with Crippen LogP contribution < -0.4 is 5.32 Å². The Bertz CT molecular complexity index is 669. The summed E-state index contributed by atoms with van der Waals surface area (Å²) in [6.07, 6.45) is 0.969. The molecule has 1 aromatic heterocycles. The molecule has 1 heterocycles. The number of carbonyl (C=O) groups excluding carboxylic acids is 1. The van der Waals surface area contributed by atoms with E-state index in [0.29, 0.717) is 12.1 Å². The number of aliphatic hydroxyl groups excluding tert-OH is 1. The van der Waals surface area contributed by atoms with E-state index in [-0.39, 0.29) is 18.6 Å². The number of benzene rings is 1. The van der Waals surface area contributed by atoms with E-state index in [4.69, 9.17) is 5.11 Å². The lowest BCUT2D eigenvalue weighted by Crippen LogP contribution is -2.32. The molecule has 126 valence electrons. The highest BCUT2D eigenvalue weighted by Gasteiger charge is 2.13. The molecule has 0 radical (unpaired) electrons. The first-order valence-corrected chi connectivity index (χ1v) is 9.18. The van der Waals surface area contributed by atoms with Crippen LogP contribution in [0.1, 0.15) is 36.5 Å². The van der Waals surface area contributed by atoms with Crippen LogP contribution in [0.4, 0.5) is 0 Å². The van der Waals surface area contributed by atoms with Gasteiger partial charge in [0.05, 0.1) is 17.6 Å². The van der Waals surface area contributed by atoms with Crippen molar-refractivity contribution in [3.05, 3.63) is 29.6 Å². The summed E-state index contributed by atoms with van der Waals surface area (Å²) in [5.41, 5.74) is 2.36. The molecule has 0 aliphatic heterocycles. The minimum atomic E-state index is -0.0599. The van der Waals surface area contributed by atoms with Crippen LogP contribution in [0.2, 0.25) is 0 Å². The predicted molar refractivity (Wildman–Crippen MR) is 96.1 cm³/mol. The highest BCUT2D eigenvalue weighted by molar-refractivity contribution is 7.99. The van der Waals surface area contributed by atoms with Gasteiger partial charge in [-0.1, -0.05) is 6.92 Å². The van der Waals surface area contributed by atoms with Gasteiger partial charge in [-0.3, -0.25) is 4.79 Å². The SMILES string of the molecule is CCSCCC(C)NC(=O)c1ccc2c(c1)nc(C)n2CCO. The van der Waals surface area contributed by atoms with Crippen molar-refractivity contribution in [2.45, 2.75) is 39.8 Å². The van der Waals surface area contributed by atoms with Crippen LogP contribution in [0.15, 0.2) is 18.2 Å². The molecular formula is C17H25N3O2S. The van der Waals surface area contributed by atoms with Crippen LogP contribution in [-0.4, -0.2) is 44.7 Å². The van der Waals surface area contributed by atoms with Crippen molar-refractivity contribution in [3.63, 3.8) is 0 Å². The summed E-state index contributed by atoms with van der Waals surface area (Å²) < 4.78 is 1.96. The van der Waals surface area contributed by atoms with Gasteiger partial charge < -0.3 is 15.0 Å². The fourth-order valence-corrected chi connectivity index (χ4v) is 3.37. The first-order chi connectivity index (χ1) is 11.1. The van der Waals surface area contributed by atoms with Gasteiger partial charge in [-0.25, -0.2) is 4.98 Å². The van der Waals surface area contributed by atoms with E-state index in [1.165, 1.54) is 0 Å². The maximum Gasteiger partial charge on any atom is 0.251 e. The van der Waals surface area contributed by atoms with Crippen LogP contribution in [0.5, 0.6) is 0 Å². The second-order valence-corrected chi connectivity index (χ2v) is 6.99. The third kappa shape index (κ3) is 4.48. The molecule has 0 aliphatic rings. The first-order valence-electron chi connectivity index (χ1n) is 8.03. The van der Waals surface area contributed by atoms with Gasteiger partial charge in [0.1, 0.15) is 5.82 Å². The van der Waals surface area contributed by atoms with E-state index >= 15 is 0 Å². The average Bonchev–Trinajstić information content (AvgIpc) is 2.83. The highest BCUT2D eigenvalue weighted by atomic mass is 32.2.